The molecule has 0 bridgehead atoms. The minimum atomic E-state index is -0.934. The fraction of sp³-hybridized carbons (Fsp3) is 0.364. The predicted octanol–water partition coefficient (Wildman–Crippen LogP) is 3.55. The van der Waals surface area contributed by atoms with E-state index in [1.807, 2.05) is 37.3 Å². The zero-order chi connectivity index (χ0) is 20.1. The summed E-state index contributed by atoms with van der Waals surface area (Å²) < 4.78 is 26.5. The Hall–Kier alpha value is -2.76. The van der Waals surface area contributed by atoms with Crippen molar-refractivity contribution in [2.24, 2.45) is 0 Å². The van der Waals surface area contributed by atoms with Crippen molar-refractivity contribution < 1.29 is 18.4 Å². The third-order valence-electron chi connectivity index (χ3n) is 5.47. The minimum absolute atomic E-state index is 0.0869. The Kier molecular flexibility index (Phi) is 6.07. The van der Waals surface area contributed by atoms with Crippen LogP contribution in [0.4, 0.5) is 8.78 Å². The number of likely N-dealkylation sites (tertiary alicyclic amines) is 1. The van der Waals surface area contributed by atoms with Crippen LogP contribution in [-0.4, -0.2) is 29.8 Å². The largest absolute Gasteiger partial charge is 0.351 e. The summed E-state index contributed by atoms with van der Waals surface area (Å²) in [6, 6.07) is 13.1. The second-order valence-electron chi connectivity index (χ2n) is 7.11. The Morgan fingerprint density at radius 2 is 1.71 bits per heavy atom. The number of piperidine rings is 1. The van der Waals surface area contributed by atoms with Crippen LogP contribution in [-0.2, 0) is 21.5 Å². The number of carbonyl (C=O) groups excluding carboxylic acids is 2. The molecule has 0 atom stereocenters. The van der Waals surface area contributed by atoms with Gasteiger partial charge in [0.15, 0.2) is 11.6 Å². The molecule has 0 unspecified atom stereocenters. The zero-order valence-corrected chi connectivity index (χ0v) is 15.9. The van der Waals surface area contributed by atoms with Gasteiger partial charge < -0.3 is 10.2 Å². The zero-order valence-electron chi connectivity index (χ0n) is 15.9. The van der Waals surface area contributed by atoms with E-state index in [1.165, 1.54) is 6.07 Å². The van der Waals surface area contributed by atoms with Crippen LogP contribution < -0.4 is 5.32 Å². The van der Waals surface area contributed by atoms with E-state index in [0.717, 1.165) is 17.7 Å². The lowest BCUT2D eigenvalue weighted by Crippen LogP contribution is -2.52. The molecule has 1 heterocycles. The fourth-order valence-corrected chi connectivity index (χ4v) is 3.77. The second kappa shape index (κ2) is 8.50. The van der Waals surface area contributed by atoms with Crippen LogP contribution in [0.3, 0.4) is 0 Å². The van der Waals surface area contributed by atoms with Gasteiger partial charge in [-0.05, 0) is 36.1 Å². The molecule has 28 heavy (non-hydrogen) atoms. The molecule has 3 rings (SSSR count). The van der Waals surface area contributed by atoms with Gasteiger partial charge in [0.25, 0.3) is 0 Å². The van der Waals surface area contributed by atoms with Crippen molar-refractivity contribution in [3.63, 3.8) is 0 Å². The van der Waals surface area contributed by atoms with E-state index in [9.17, 15) is 18.4 Å². The summed E-state index contributed by atoms with van der Waals surface area (Å²) in [5.74, 6) is -1.92. The van der Waals surface area contributed by atoms with Gasteiger partial charge in [-0.15, -0.1) is 0 Å². The van der Waals surface area contributed by atoms with Gasteiger partial charge in [-0.3, -0.25) is 9.59 Å². The summed E-state index contributed by atoms with van der Waals surface area (Å²) in [5, 5.41) is 2.88. The van der Waals surface area contributed by atoms with Gasteiger partial charge >= 0.3 is 0 Å². The van der Waals surface area contributed by atoms with Crippen molar-refractivity contribution >= 4 is 11.8 Å². The summed E-state index contributed by atoms with van der Waals surface area (Å²) in [7, 11) is 0. The average Bonchev–Trinajstić information content (AvgIpc) is 2.74. The number of halogens is 2. The maximum absolute atomic E-state index is 13.4. The highest BCUT2D eigenvalue weighted by molar-refractivity contribution is 5.89. The van der Waals surface area contributed by atoms with Gasteiger partial charge in [-0.25, -0.2) is 8.78 Å². The molecule has 0 radical (unpaired) electrons. The van der Waals surface area contributed by atoms with Crippen LogP contribution in [0.1, 0.15) is 37.3 Å². The van der Waals surface area contributed by atoms with E-state index in [1.54, 1.807) is 4.90 Å². The van der Waals surface area contributed by atoms with Gasteiger partial charge in [0, 0.05) is 26.1 Å². The monoisotopic (exact) mass is 386 g/mol. The third kappa shape index (κ3) is 4.06. The first-order valence-electron chi connectivity index (χ1n) is 9.52. The lowest BCUT2D eigenvalue weighted by Gasteiger charge is -2.41. The molecule has 0 aromatic heterocycles. The summed E-state index contributed by atoms with van der Waals surface area (Å²) in [5.41, 5.74) is 0.653. The number of amides is 2. The number of carbonyl (C=O) groups is 2. The first-order valence-corrected chi connectivity index (χ1v) is 9.52. The van der Waals surface area contributed by atoms with Crippen molar-refractivity contribution in [3.8, 4) is 0 Å². The van der Waals surface area contributed by atoms with E-state index in [-0.39, 0.29) is 18.4 Å². The molecular weight excluding hydrogens is 362 g/mol. The molecular formula is C22H24F2N2O2. The van der Waals surface area contributed by atoms with E-state index in [2.05, 4.69) is 5.32 Å². The lowest BCUT2D eigenvalue weighted by atomic mass is 9.72. The molecule has 1 aliphatic heterocycles. The summed E-state index contributed by atoms with van der Waals surface area (Å²) in [6.45, 7) is 2.97. The molecule has 2 amide bonds. The molecule has 1 fully saturated rings. The SMILES string of the molecule is CCC(=O)N1CCC(C(=O)NCc2ccc(F)c(F)c2)(c2ccccc2)CC1. The number of hydrogen-bond acceptors (Lipinski definition) is 2. The quantitative estimate of drug-likeness (QED) is 0.854. The van der Waals surface area contributed by atoms with Gasteiger partial charge in [-0.1, -0.05) is 43.3 Å². The molecule has 6 heteroatoms. The Morgan fingerprint density at radius 1 is 1.04 bits per heavy atom. The normalized spacial score (nSPS) is 15.9. The maximum Gasteiger partial charge on any atom is 0.231 e. The third-order valence-corrected chi connectivity index (χ3v) is 5.47. The van der Waals surface area contributed by atoms with Crippen LogP contribution in [0, 0.1) is 11.6 Å². The Balaban J connectivity index is 1.78. The van der Waals surface area contributed by atoms with Crippen molar-refractivity contribution in [1.82, 2.24) is 10.2 Å². The Labute approximate surface area is 163 Å². The molecule has 0 spiro atoms. The van der Waals surface area contributed by atoms with Crippen LogP contribution in [0.5, 0.6) is 0 Å². The van der Waals surface area contributed by atoms with E-state index < -0.39 is 17.0 Å². The van der Waals surface area contributed by atoms with E-state index >= 15 is 0 Å². The van der Waals surface area contributed by atoms with E-state index in [4.69, 9.17) is 0 Å². The highest BCUT2D eigenvalue weighted by Gasteiger charge is 2.43. The number of rotatable bonds is 5. The molecule has 4 nitrogen and oxygen atoms in total. The number of nitrogens with zero attached hydrogens (tertiary/aromatic N) is 1. The number of hydrogen-bond donors (Lipinski definition) is 1. The Bertz CT molecular complexity index is 847. The second-order valence-corrected chi connectivity index (χ2v) is 7.11. The molecule has 148 valence electrons. The van der Waals surface area contributed by atoms with Crippen LogP contribution in [0.25, 0.3) is 0 Å². The lowest BCUT2D eigenvalue weighted by molar-refractivity contribution is -0.136. The van der Waals surface area contributed by atoms with Gasteiger partial charge in [0.2, 0.25) is 11.8 Å². The van der Waals surface area contributed by atoms with E-state index in [0.29, 0.717) is 37.9 Å². The van der Waals surface area contributed by atoms with Crippen LogP contribution >= 0.6 is 0 Å². The van der Waals surface area contributed by atoms with Gasteiger partial charge in [-0.2, -0.15) is 0 Å². The highest BCUT2D eigenvalue weighted by Crippen LogP contribution is 2.36. The highest BCUT2D eigenvalue weighted by atomic mass is 19.2. The van der Waals surface area contributed by atoms with Crippen molar-refractivity contribution in [2.45, 2.75) is 38.1 Å². The molecule has 2 aromatic carbocycles. The van der Waals surface area contributed by atoms with Crippen molar-refractivity contribution in [3.05, 3.63) is 71.3 Å². The average molecular weight is 386 g/mol. The predicted molar refractivity (Wildman–Crippen MR) is 102 cm³/mol. The molecule has 1 aliphatic rings. The van der Waals surface area contributed by atoms with Crippen LogP contribution in [0.15, 0.2) is 48.5 Å². The fourth-order valence-electron chi connectivity index (χ4n) is 3.77. The number of benzene rings is 2. The molecule has 0 saturated carbocycles. The maximum atomic E-state index is 13.4. The van der Waals surface area contributed by atoms with Crippen LogP contribution in [0.2, 0.25) is 0 Å². The number of nitrogens with one attached hydrogen (secondary N) is 1. The topological polar surface area (TPSA) is 49.4 Å². The minimum Gasteiger partial charge on any atom is -0.351 e. The standard InChI is InChI=1S/C22H24F2N2O2/c1-2-20(27)26-12-10-22(11-13-26,17-6-4-3-5-7-17)21(28)25-15-16-8-9-18(23)19(24)14-16/h3-9,14H,2,10-13,15H2,1H3,(H,25,28). The van der Waals surface area contributed by atoms with Crippen molar-refractivity contribution in [1.29, 1.82) is 0 Å². The first kappa shape index (κ1) is 20.0. The van der Waals surface area contributed by atoms with Crippen molar-refractivity contribution in [2.75, 3.05) is 13.1 Å². The molecule has 1 N–H and O–H groups in total. The summed E-state index contributed by atoms with van der Waals surface area (Å²) in [6.07, 6.45) is 1.49. The Morgan fingerprint density at radius 3 is 2.32 bits per heavy atom. The summed E-state index contributed by atoms with van der Waals surface area (Å²) >= 11 is 0. The summed E-state index contributed by atoms with van der Waals surface area (Å²) in [4.78, 5) is 27.0. The van der Waals surface area contributed by atoms with Gasteiger partial charge in [0.05, 0.1) is 5.41 Å². The molecule has 1 saturated heterocycles. The smallest absolute Gasteiger partial charge is 0.231 e. The van der Waals surface area contributed by atoms with Gasteiger partial charge in [0.1, 0.15) is 0 Å². The molecule has 0 aliphatic carbocycles. The first-order chi connectivity index (χ1) is 13.5. The molecule has 2 aromatic rings.